The minimum Gasteiger partial charge on any atom is -0.394 e. The van der Waals surface area contributed by atoms with E-state index in [1.54, 1.807) is 10.9 Å². The Kier molecular flexibility index (Phi) is 4.35. The third-order valence-electron chi connectivity index (χ3n) is 3.70. The molecule has 1 aliphatic rings. The van der Waals surface area contributed by atoms with Crippen LogP contribution in [0.1, 0.15) is 18.4 Å². The zero-order valence-corrected chi connectivity index (χ0v) is 12.1. The lowest BCUT2D eigenvalue weighted by Crippen LogP contribution is -2.18. The molecule has 0 aliphatic carbocycles. The largest absolute Gasteiger partial charge is 0.394 e. The van der Waals surface area contributed by atoms with Gasteiger partial charge in [0.2, 0.25) is 0 Å². The molecule has 0 atom stereocenters. The number of anilines is 2. The van der Waals surface area contributed by atoms with Crippen molar-refractivity contribution in [3.63, 3.8) is 0 Å². The zero-order chi connectivity index (χ0) is 14.5. The summed E-state index contributed by atoms with van der Waals surface area (Å²) in [7, 11) is 0. The maximum absolute atomic E-state index is 8.86. The molecular formula is C15H21N5O. The predicted molar refractivity (Wildman–Crippen MR) is 82.3 cm³/mol. The number of aliphatic hydroxyl groups is 1. The average molecular weight is 287 g/mol. The molecule has 6 nitrogen and oxygen atoms in total. The highest BCUT2D eigenvalue weighted by Gasteiger charge is 2.12. The zero-order valence-electron chi connectivity index (χ0n) is 12.1. The van der Waals surface area contributed by atoms with Crippen LogP contribution < -0.4 is 10.2 Å². The van der Waals surface area contributed by atoms with Gasteiger partial charge in [0, 0.05) is 32.0 Å². The second kappa shape index (κ2) is 6.58. The summed E-state index contributed by atoms with van der Waals surface area (Å²) in [6, 6.07) is 4.21. The van der Waals surface area contributed by atoms with E-state index in [2.05, 4.69) is 32.4 Å². The van der Waals surface area contributed by atoms with Crippen molar-refractivity contribution in [1.29, 1.82) is 0 Å². The molecular weight excluding hydrogens is 266 g/mol. The van der Waals surface area contributed by atoms with Gasteiger partial charge >= 0.3 is 0 Å². The third-order valence-corrected chi connectivity index (χ3v) is 3.70. The summed E-state index contributed by atoms with van der Waals surface area (Å²) in [4.78, 5) is 6.87. The molecule has 6 heteroatoms. The van der Waals surface area contributed by atoms with Crippen LogP contribution in [0.5, 0.6) is 0 Å². The first-order valence-electron chi connectivity index (χ1n) is 7.42. The molecule has 3 rings (SSSR count). The fourth-order valence-electron chi connectivity index (χ4n) is 2.54. The number of nitrogens with zero attached hydrogens (tertiary/aromatic N) is 4. The van der Waals surface area contributed by atoms with Gasteiger partial charge in [0.15, 0.2) is 0 Å². The molecule has 21 heavy (non-hydrogen) atoms. The van der Waals surface area contributed by atoms with Gasteiger partial charge in [-0.1, -0.05) is 6.07 Å². The summed E-state index contributed by atoms with van der Waals surface area (Å²) in [5.41, 5.74) is 2.10. The van der Waals surface area contributed by atoms with Crippen LogP contribution >= 0.6 is 0 Å². The van der Waals surface area contributed by atoms with Gasteiger partial charge in [0.1, 0.15) is 5.82 Å². The fourth-order valence-corrected chi connectivity index (χ4v) is 2.54. The van der Waals surface area contributed by atoms with E-state index in [-0.39, 0.29) is 6.61 Å². The lowest BCUT2D eigenvalue weighted by Gasteiger charge is -2.16. The van der Waals surface area contributed by atoms with Crippen molar-refractivity contribution in [2.45, 2.75) is 25.9 Å². The first-order chi connectivity index (χ1) is 10.3. The normalized spacial score (nSPS) is 14.6. The summed E-state index contributed by atoms with van der Waals surface area (Å²) in [6.45, 7) is 3.58. The van der Waals surface area contributed by atoms with Crippen LogP contribution in [-0.4, -0.2) is 39.6 Å². The molecule has 3 heterocycles. The maximum atomic E-state index is 8.86. The average Bonchev–Trinajstić information content (AvgIpc) is 3.18. The van der Waals surface area contributed by atoms with E-state index < -0.39 is 0 Å². The molecule has 1 aliphatic heterocycles. The van der Waals surface area contributed by atoms with Gasteiger partial charge in [-0.05, 0) is 24.5 Å². The van der Waals surface area contributed by atoms with E-state index in [4.69, 9.17) is 5.11 Å². The van der Waals surface area contributed by atoms with Crippen molar-refractivity contribution in [3.05, 3.63) is 36.3 Å². The molecule has 0 unspecified atom stereocenters. The number of hydrogen-bond acceptors (Lipinski definition) is 5. The van der Waals surface area contributed by atoms with Gasteiger partial charge in [-0.25, -0.2) is 4.98 Å². The lowest BCUT2D eigenvalue weighted by atomic mass is 10.2. The van der Waals surface area contributed by atoms with E-state index in [0.717, 1.165) is 36.7 Å². The number of rotatable bonds is 6. The molecule has 2 N–H and O–H groups in total. The first-order valence-corrected chi connectivity index (χ1v) is 7.42. The quantitative estimate of drug-likeness (QED) is 0.842. The topological polar surface area (TPSA) is 66.2 Å². The summed E-state index contributed by atoms with van der Waals surface area (Å²) in [5.74, 6) is 1.08. The SMILES string of the molecule is OCCn1cc(NCc2ccc(N3CCCC3)nc2)cn1. The van der Waals surface area contributed by atoms with Crippen molar-refractivity contribution in [1.82, 2.24) is 14.8 Å². The highest BCUT2D eigenvalue weighted by Crippen LogP contribution is 2.18. The Balaban J connectivity index is 1.54. The Morgan fingerprint density at radius 1 is 1.19 bits per heavy atom. The van der Waals surface area contributed by atoms with Gasteiger partial charge in [-0.15, -0.1) is 0 Å². The monoisotopic (exact) mass is 287 g/mol. The molecule has 0 radical (unpaired) electrons. The second-order valence-electron chi connectivity index (χ2n) is 5.29. The Labute approximate surface area is 124 Å². The van der Waals surface area contributed by atoms with Crippen LogP contribution in [0, 0.1) is 0 Å². The molecule has 0 spiro atoms. The second-order valence-corrected chi connectivity index (χ2v) is 5.29. The summed E-state index contributed by atoms with van der Waals surface area (Å²) in [5, 5.41) is 16.3. The van der Waals surface area contributed by atoms with E-state index in [1.165, 1.54) is 12.8 Å². The van der Waals surface area contributed by atoms with Crippen LogP contribution in [0.3, 0.4) is 0 Å². The van der Waals surface area contributed by atoms with E-state index in [1.807, 2.05) is 12.4 Å². The van der Waals surface area contributed by atoms with Crippen molar-refractivity contribution < 1.29 is 5.11 Å². The van der Waals surface area contributed by atoms with Crippen LogP contribution in [0.4, 0.5) is 11.5 Å². The van der Waals surface area contributed by atoms with Crippen molar-refractivity contribution >= 4 is 11.5 Å². The van der Waals surface area contributed by atoms with E-state index in [0.29, 0.717) is 6.54 Å². The van der Waals surface area contributed by atoms with Crippen molar-refractivity contribution in [2.24, 2.45) is 0 Å². The summed E-state index contributed by atoms with van der Waals surface area (Å²) < 4.78 is 1.72. The van der Waals surface area contributed by atoms with Crippen LogP contribution in [0.25, 0.3) is 0 Å². The van der Waals surface area contributed by atoms with E-state index in [9.17, 15) is 0 Å². The van der Waals surface area contributed by atoms with Gasteiger partial charge in [0.05, 0.1) is 25.0 Å². The Morgan fingerprint density at radius 2 is 2.05 bits per heavy atom. The van der Waals surface area contributed by atoms with Gasteiger partial charge in [-0.2, -0.15) is 5.10 Å². The van der Waals surface area contributed by atoms with Crippen LogP contribution in [0.15, 0.2) is 30.7 Å². The number of hydrogen-bond donors (Lipinski definition) is 2. The highest BCUT2D eigenvalue weighted by atomic mass is 16.3. The first kappa shape index (κ1) is 13.9. The predicted octanol–water partition coefficient (Wildman–Crippen LogP) is 1.48. The van der Waals surface area contributed by atoms with Crippen LogP contribution in [-0.2, 0) is 13.1 Å². The molecule has 0 aromatic carbocycles. The molecule has 112 valence electrons. The summed E-state index contributed by atoms with van der Waals surface area (Å²) >= 11 is 0. The number of pyridine rings is 1. The highest BCUT2D eigenvalue weighted by molar-refractivity contribution is 5.42. The number of aliphatic hydroxyl groups excluding tert-OH is 1. The molecule has 1 saturated heterocycles. The maximum Gasteiger partial charge on any atom is 0.128 e. The van der Waals surface area contributed by atoms with E-state index >= 15 is 0 Å². The molecule has 1 fully saturated rings. The smallest absolute Gasteiger partial charge is 0.128 e. The third kappa shape index (κ3) is 3.52. The minimum absolute atomic E-state index is 0.100. The number of aromatic nitrogens is 3. The Morgan fingerprint density at radius 3 is 2.76 bits per heavy atom. The molecule has 0 saturated carbocycles. The van der Waals surface area contributed by atoms with Gasteiger partial charge in [0.25, 0.3) is 0 Å². The Hall–Kier alpha value is -2.08. The summed E-state index contributed by atoms with van der Waals surface area (Å²) in [6.07, 6.45) is 8.12. The molecule has 2 aromatic heterocycles. The molecule has 2 aromatic rings. The fraction of sp³-hybridized carbons (Fsp3) is 0.467. The van der Waals surface area contributed by atoms with Crippen LogP contribution in [0.2, 0.25) is 0 Å². The molecule has 0 amide bonds. The lowest BCUT2D eigenvalue weighted by molar-refractivity contribution is 0.269. The Bertz CT molecular complexity index is 560. The standard InChI is InChI=1S/C15H21N5O/c21-8-7-20-12-14(11-18-20)16-9-13-3-4-15(17-10-13)19-5-1-2-6-19/h3-4,10-12,16,21H,1-2,5-9H2. The van der Waals surface area contributed by atoms with Crippen molar-refractivity contribution in [2.75, 3.05) is 29.9 Å². The van der Waals surface area contributed by atoms with Gasteiger partial charge < -0.3 is 15.3 Å². The van der Waals surface area contributed by atoms with Gasteiger partial charge in [-0.3, -0.25) is 4.68 Å². The number of nitrogens with one attached hydrogen (secondary N) is 1. The minimum atomic E-state index is 0.100. The van der Waals surface area contributed by atoms with Crippen molar-refractivity contribution in [3.8, 4) is 0 Å². The molecule has 0 bridgehead atoms.